The molecule has 0 bridgehead atoms. The summed E-state index contributed by atoms with van der Waals surface area (Å²) in [6, 6.07) is 13.7. The number of hydrogen-bond acceptors (Lipinski definition) is 4. The number of halogens is 1. The van der Waals surface area contributed by atoms with Crippen LogP contribution in [0.15, 0.2) is 53.7 Å². The number of amides is 1. The molecule has 1 N–H and O–H groups in total. The molecule has 0 aliphatic heterocycles. The number of nitrogens with zero attached hydrogens (tertiary/aromatic N) is 3. The van der Waals surface area contributed by atoms with Gasteiger partial charge in [-0.05, 0) is 48.9 Å². The molecule has 0 saturated heterocycles. The zero-order chi connectivity index (χ0) is 17.8. The van der Waals surface area contributed by atoms with Crippen molar-refractivity contribution in [2.75, 3.05) is 11.1 Å². The summed E-state index contributed by atoms with van der Waals surface area (Å²) in [5, 5.41) is 11.7. The smallest absolute Gasteiger partial charge is 0.234 e. The number of benzene rings is 2. The van der Waals surface area contributed by atoms with E-state index >= 15 is 0 Å². The third-order valence-electron chi connectivity index (χ3n) is 3.57. The highest BCUT2D eigenvalue weighted by Gasteiger charge is 2.13. The molecule has 1 amide bonds. The summed E-state index contributed by atoms with van der Waals surface area (Å²) < 4.78 is 14.8. The second-order valence-corrected chi connectivity index (χ2v) is 6.52. The third-order valence-corrected chi connectivity index (χ3v) is 4.59. The normalized spacial score (nSPS) is 10.7. The number of aromatic nitrogens is 3. The molecule has 7 heteroatoms. The summed E-state index contributed by atoms with van der Waals surface area (Å²) in [6.07, 6.45) is 0. The molecule has 0 spiro atoms. The minimum absolute atomic E-state index is 0.109. The molecule has 25 heavy (non-hydrogen) atoms. The van der Waals surface area contributed by atoms with Crippen molar-refractivity contribution >= 4 is 23.4 Å². The van der Waals surface area contributed by atoms with Crippen molar-refractivity contribution in [1.82, 2.24) is 14.8 Å². The number of thioether (sulfide) groups is 1. The van der Waals surface area contributed by atoms with E-state index in [1.54, 1.807) is 16.7 Å². The summed E-state index contributed by atoms with van der Waals surface area (Å²) in [5.41, 5.74) is 2.63. The number of rotatable bonds is 5. The predicted octanol–water partition coefficient (Wildman–Crippen LogP) is 3.66. The molecule has 0 aliphatic carbocycles. The minimum Gasteiger partial charge on any atom is -0.325 e. The van der Waals surface area contributed by atoms with Gasteiger partial charge in [-0.15, -0.1) is 10.2 Å². The van der Waals surface area contributed by atoms with Gasteiger partial charge in [0.25, 0.3) is 0 Å². The van der Waals surface area contributed by atoms with E-state index < -0.39 is 0 Å². The van der Waals surface area contributed by atoms with Crippen molar-refractivity contribution < 1.29 is 9.18 Å². The van der Waals surface area contributed by atoms with Gasteiger partial charge in [0.1, 0.15) is 5.82 Å². The largest absolute Gasteiger partial charge is 0.325 e. The van der Waals surface area contributed by atoms with Crippen LogP contribution >= 0.6 is 11.8 Å². The first-order valence-corrected chi connectivity index (χ1v) is 8.66. The molecule has 3 aromatic rings. The van der Waals surface area contributed by atoms with E-state index in [0.717, 1.165) is 16.8 Å². The van der Waals surface area contributed by atoms with Crippen LogP contribution in [-0.4, -0.2) is 26.4 Å². The Kier molecular flexibility index (Phi) is 5.14. The second-order valence-electron chi connectivity index (χ2n) is 5.58. The summed E-state index contributed by atoms with van der Waals surface area (Å²) >= 11 is 1.30. The van der Waals surface area contributed by atoms with Crippen LogP contribution in [-0.2, 0) is 11.8 Å². The molecule has 0 saturated carbocycles. The monoisotopic (exact) mass is 356 g/mol. The molecular weight excluding hydrogens is 339 g/mol. The van der Waals surface area contributed by atoms with E-state index in [2.05, 4.69) is 15.5 Å². The average molecular weight is 356 g/mol. The van der Waals surface area contributed by atoms with Crippen molar-refractivity contribution in [3.05, 3.63) is 59.9 Å². The van der Waals surface area contributed by atoms with Gasteiger partial charge in [-0.2, -0.15) is 0 Å². The first kappa shape index (κ1) is 17.2. The average Bonchev–Trinajstić information content (AvgIpc) is 2.94. The summed E-state index contributed by atoms with van der Waals surface area (Å²) in [7, 11) is 1.82. The summed E-state index contributed by atoms with van der Waals surface area (Å²) in [4.78, 5) is 12.1. The Balaban J connectivity index is 1.64. The number of anilines is 1. The van der Waals surface area contributed by atoms with Crippen molar-refractivity contribution in [2.45, 2.75) is 12.1 Å². The number of carbonyl (C=O) groups is 1. The molecule has 0 fully saturated rings. The minimum atomic E-state index is -0.298. The number of aryl methyl sites for hydroxylation is 1. The zero-order valence-corrected chi connectivity index (χ0v) is 14.7. The Labute approximate surface area is 149 Å². The van der Waals surface area contributed by atoms with E-state index in [-0.39, 0.29) is 17.5 Å². The highest BCUT2D eigenvalue weighted by Crippen LogP contribution is 2.23. The van der Waals surface area contributed by atoms with Gasteiger partial charge in [0.2, 0.25) is 5.91 Å². The van der Waals surface area contributed by atoms with E-state index in [4.69, 9.17) is 0 Å². The quantitative estimate of drug-likeness (QED) is 0.709. The van der Waals surface area contributed by atoms with Crippen LogP contribution < -0.4 is 5.32 Å². The van der Waals surface area contributed by atoms with Crippen LogP contribution in [0.25, 0.3) is 11.4 Å². The molecule has 0 atom stereocenters. The van der Waals surface area contributed by atoms with E-state index in [1.165, 1.54) is 23.9 Å². The lowest BCUT2D eigenvalue weighted by Crippen LogP contribution is -2.14. The van der Waals surface area contributed by atoms with Crippen LogP contribution in [0.1, 0.15) is 5.56 Å². The Morgan fingerprint density at radius 1 is 1.20 bits per heavy atom. The lowest BCUT2D eigenvalue weighted by molar-refractivity contribution is -0.113. The van der Waals surface area contributed by atoms with Gasteiger partial charge < -0.3 is 9.88 Å². The van der Waals surface area contributed by atoms with Crippen LogP contribution in [0.5, 0.6) is 0 Å². The first-order chi connectivity index (χ1) is 12.0. The number of nitrogens with one attached hydrogen (secondary N) is 1. The first-order valence-electron chi connectivity index (χ1n) is 7.67. The standard InChI is InChI=1S/C18H17FN4OS/c1-12-4-3-5-15(10-12)20-16(24)11-25-18-22-21-17(23(18)2)13-6-8-14(19)9-7-13/h3-10H,11H2,1-2H3,(H,20,24). The lowest BCUT2D eigenvalue weighted by atomic mass is 10.2. The topological polar surface area (TPSA) is 59.8 Å². The third kappa shape index (κ3) is 4.24. The van der Waals surface area contributed by atoms with Gasteiger partial charge in [0.05, 0.1) is 5.75 Å². The molecule has 1 aromatic heterocycles. The summed E-state index contributed by atoms with van der Waals surface area (Å²) in [6.45, 7) is 1.97. The van der Waals surface area contributed by atoms with Crippen LogP contribution in [0.2, 0.25) is 0 Å². The van der Waals surface area contributed by atoms with Crippen LogP contribution in [0.3, 0.4) is 0 Å². The molecular formula is C18H17FN4OS. The fourth-order valence-electron chi connectivity index (χ4n) is 2.34. The summed E-state index contributed by atoms with van der Waals surface area (Å²) in [5.74, 6) is 0.445. The van der Waals surface area contributed by atoms with E-state index in [9.17, 15) is 9.18 Å². The maximum absolute atomic E-state index is 13.0. The molecule has 1 heterocycles. The molecule has 128 valence electrons. The van der Waals surface area contributed by atoms with Crippen molar-refractivity contribution in [3.8, 4) is 11.4 Å². The highest BCUT2D eigenvalue weighted by atomic mass is 32.2. The van der Waals surface area contributed by atoms with E-state index in [1.807, 2.05) is 38.2 Å². The van der Waals surface area contributed by atoms with Crippen LogP contribution in [0, 0.1) is 12.7 Å². The van der Waals surface area contributed by atoms with Gasteiger partial charge in [-0.25, -0.2) is 4.39 Å². The maximum atomic E-state index is 13.0. The molecule has 3 rings (SSSR count). The molecule has 5 nitrogen and oxygen atoms in total. The predicted molar refractivity (Wildman–Crippen MR) is 96.9 cm³/mol. The molecule has 0 radical (unpaired) electrons. The van der Waals surface area contributed by atoms with Gasteiger partial charge in [0.15, 0.2) is 11.0 Å². The fourth-order valence-corrected chi connectivity index (χ4v) is 3.05. The Morgan fingerprint density at radius 3 is 2.68 bits per heavy atom. The molecule has 0 aliphatic rings. The van der Waals surface area contributed by atoms with Crippen molar-refractivity contribution in [1.29, 1.82) is 0 Å². The van der Waals surface area contributed by atoms with Crippen LogP contribution in [0.4, 0.5) is 10.1 Å². The van der Waals surface area contributed by atoms with Gasteiger partial charge in [-0.1, -0.05) is 23.9 Å². The van der Waals surface area contributed by atoms with E-state index in [0.29, 0.717) is 11.0 Å². The fraction of sp³-hybridized carbons (Fsp3) is 0.167. The maximum Gasteiger partial charge on any atom is 0.234 e. The van der Waals surface area contributed by atoms with Crippen molar-refractivity contribution in [2.24, 2.45) is 7.05 Å². The van der Waals surface area contributed by atoms with Gasteiger partial charge >= 0.3 is 0 Å². The van der Waals surface area contributed by atoms with Gasteiger partial charge in [-0.3, -0.25) is 4.79 Å². The molecule has 0 unspecified atom stereocenters. The SMILES string of the molecule is Cc1cccc(NC(=O)CSc2nnc(-c3ccc(F)cc3)n2C)c1. The highest BCUT2D eigenvalue weighted by molar-refractivity contribution is 7.99. The number of hydrogen-bond donors (Lipinski definition) is 1. The zero-order valence-electron chi connectivity index (χ0n) is 13.9. The second kappa shape index (κ2) is 7.48. The van der Waals surface area contributed by atoms with Crippen molar-refractivity contribution in [3.63, 3.8) is 0 Å². The Hall–Kier alpha value is -2.67. The molecule has 2 aromatic carbocycles. The Morgan fingerprint density at radius 2 is 1.96 bits per heavy atom. The Bertz CT molecular complexity index is 892. The van der Waals surface area contributed by atoms with Gasteiger partial charge in [0, 0.05) is 18.3 Å². The number of carbonyl (C=O) groups excluding carboxylic acids is 1. The lowest BCUT2D eigenvalue weighted by Gasteiger charge is -2.06.